The predicted octanol–water partition coefficient (Wildman–Crippen LogP) is 7.75. The number of rotatable bonds is 6. The third-order valence-electron chi connectivity index (χ3n) is 6.73. The van der Waals surface area contributed by atoms with Gasteiger partial charge in [0, 0.05) is 16.7 Å². The van der Waals surface area contributed by atoms with Crippen molar-refractivity contribution in [1.29, 1.82) is 0 Å². The summed E-state index contributed by atoms with van der Waals surface area (Å²) in [5, 5.41) is 9.39. The van der Waals surface area contributed by atoms with E-state index >= 15 is 0 Å². The molecule has 1 aromatic heterocycles. The van der Waals surface area contributed by atoms with Gasteiger partial charge < -0.3 is 9.52 Å². The normalized spacial score (nSPS) is 15.6. The molecule has 0 spiro atoms. The van der Waals surface area contributed by atoms with Crippen molar-refractivity contribution in [3.8, 4) is 22.6 Å². The highest BCUT2D eigenvalue weighted by Crippen LogP contribution is 2.40. The first kappa shape index (κ1) is 22.9. The quantitative estimate of drug-likeness (QED) is 0.317. The zero-order valence-corrected chi connectivity index (χ0v) is 20.1. The van der Waals surface area contributed by atoms with E-state index in [4.69, 9.17) is 9.40 Å². The van der Waals surface area contributed by atoms with Gasteiger partial charge in [-0.15, -0.1) is 0 Å². The molecule has 1 unspecified atom stereocenters. The summed E-state index contributed by atoms with van der Waals surface area (Å²) in [7, 11) is 0. The van der Waals surface area contributed by atoms with Gasteiger partial charge in [0.25, 0.3) is 0 Å². The van der Waals surface area contributed by atoms with Crippen molar-refractivity contribution in [3.05, 3.63) is 107 Å². The first-order valence-corrected chi connectivity index (χ1v) is 12.2. The van der Waals surface area contributed by atoms with Crippen molar-refractivity contribution in [2.75, 3.05) is 0 Å². The lowest BCUT2D eigenvalue weighted by Crippen LogP contribution is -2.12. The SMILES string of the molecule is Cc1ccc(-c2nc(C3=CCCCC3Cc3cccc(C(=O)O)c3)oc2-c2ccc(C)cc2)cc1. The van der Waals surface area contributed by atoms with Gasteiger partial charge in [-0.3, -0.25) is 0 Å². The third-order valence-corrected chi connectivity index (χ3v) is 6.73. The topological polar surface area (TPSA) is 63.3 Å². The van der Waals surface area contributed by atoms with Gasteiger partial charge in [-0.25, -0.2) is 9.78 Å². The highest BCUT2D eigenvalue weighted by atomic mass is 16.4. The number of allylic oxidation sites excluding steroid dienone is 2. The van der Waals surface area contributed by atoms with Crippen LogP contribution in [0.25, 0.3) is 28.2 Å². The Morgan fingerprint density at radius 2 is 1.66 bits per heavy atom. The van der Waals surface area contributed by atoms with E-state index in [0.717, 1.165) is 59.4 Å². The number of benzene rings is 3. The highest BCUT2D eigenvalue weighted by Gasteiger charge is 2.26. The average Bonchev–Trinajstić information content (AvgIpc) is 3.31. The van der Waals surface area contributed by atoms with Crippen LogP contribution in [-0.4, -0.2) is 16.1 Å². The van der Waals surface area contributed by atoms with Gasteiger partial charge in [0.05, 0.1) is 5.56 Å². The molecule has 3 aromatic carbocycles. The molecular formula is C31H29NO3. The zero-order valence-electron chi connectivity index (χ0n) is 20.1. The lowest BCUT2D eigenvalue weighted by molar-refractivity contribution is 0.0696. The molecule has 0 fully saturated rings. The number of carbonyl (C=O) groups is 1. The molecule has 35 heavy (non-hydrogen) atoms. The zero-order chi connectivity index (χ0) is 24.4. The Balaban J connectivity index is 1.54. The molecule has 4 nitrogen and oxygen atoms in total. The Kier molecular flexibility index (Phi) is 6.37. The number of carboxylic acids is 1. The van der Waals surface area contributed by atoms with E-state index in [2.05, 4.69) is 68.5 Å². The molecule has 1 aliphatic carbocycles. The number of aryl methyl sites for hydroxylation is 2. The third kappa shape index (κ3) is 4.97. The molecule has 0 radical (unpaired) electrons. The number of carboxylic acid groups (broad SMARTS) is 1. The Morgan fingerprint density at radius 3 is 2.34 bits per heavy atom. The molecule has 1 heterocycles. The van der Waals surface area contributed by atoms with Gasteiger partial charge in [0.15, 0.2) is 5.76 Å². The molecule has 4 aromatic rings. The van der Waals surface area contributed by atoms with E-state index < -0.39 is 5.97 Å². The maximum absolute atomic E-state index is 11.4. The lowest BCUT2D eigenvalue weighted by atomic mass is 9.83. The summed E-state index contributed by atoms with van der Waals surface area (Å²) in [5.41, 5.74) is 7.74. The molecule has 176 valence electrons. The van der Waals surface area contributed by atoms with Crippen LogP contribution in [0.4, 0.5) is 0 Å². The van der Waals surface area contributed by atoms with Crippen molar-refractivity contribution in [1.82, 2.24) is 4.98 Å². The van der Waals surface area contributed by atoms with Crippen LogP contribution in [0.5, 0.6) is 0 Å². The van der Waals surface area contributed by atoms with Gasteiger partial charge in [0.2, 0.25) is 5.89 Å². The van der Waals surface area contributed by atoms with Crippen LogP contribution >= 0.6 is 0 Å². The minimum Gasteiger partial charge on any atom is -0.478 e. The van der Waals surface area contributed by atoms with E-state index in [1.165, 1.54) is 11.1 Å². The van der Waals surface area contributed by atoms with E-state index in [0.29, 0.717) is 11.5 Å². The van der Waals surface area contributed by atoms with E-state index in [9.17, 15) is 9.90 Å². The molecule has 0 saturated carbocycles. The number of aromatic nitrogens is 1. The molecule has 1 N–H and O–H groups in total. The second-order valence-electron chi connectivity index (χ2n) is 9.43. The Bertz CT molecular complexity index is 1310. The molecule has 1 aliphatic rings. The minimum atomic E-state index is -0.899. The summed E-state index contributed by atoms with van der Waals surface area (Å²) in [5.74, 6) is 0.768. The van der Waals surface area contributed by atoms with Crippen LogP contribution < -0.4 is 0 Å². The van der Waals surface area contributed by atoms with E-state index in [-0.39, 0.29) is 5.92 Å². The van der Waals surface area contributed by atoms with Crippen LogP contribution in [-0.2, 0) is 6.42 Å². The fourth-order valence-corrected chi connectivity index (χ4v) is 4.79. The largest absolute Gasteiger partial charge is 0.478 e. The smallest absolute Gasteiger partial charge is 0.335 e. The van der Waals surface area contributed by atoms with Crippen LogP contribution in [0, 0.1) is 19.8 Å². The molecule has 0 saturated heterocycles. The van der Waals surface area contributed by atoms with Crippen molar-refractivity contribution in [3.63, 3.8) is 0 Å². The Hall–Kier alpha value is -3.92. The first-order chi connectivity index (χ1) is 17.0. The predicted molar refractivity (Wildman–Crippen MR) is 139 cm³/mol. The maximum Gasteiger partial charge on any atom is 0.335 e. The summed E-state index contributed by atoms with van der Waals surface area (Å²) in [6, 6.07) is 24.0. The fraction of sp³-hybridized carbons (Fsp3) is 0.226. The van der Waals surface area contributed by atoms with Gasteiger partial charge in [-0.2, -0.15) is 0 Å². The van der Waals surface area contributed by atoms with Crippen LogP contribution in [0.15, 0.2) is 83.3 Å². The fourth-order valence-electron chi connectivity index (χ4n) is 4.79. The standard InChI is InChI=1S/C31H29NO3/c1-20-10-14-23(15-11-20)28-29(24-16-12-21(2)13-17-24)35-30(32-28)27-9-4-3-7-25(27)18-22-6-5-8-26(19-22)31(33)34/h5-6,8-17,19,25H,3-4,7,18H2,1-2H3,(H,33,34). The van der Waals surface area contributed by atoms with Crippen LogP contribution in [0.1, 0.15) is 52.2 Å². The number of aromatic carboxylic acids is 1. The van der Waals surface area contributed by atoms with Gasteiger partial charge in [-0.05, 0) is 63.1 Å². The number of hydrogen-bond donors (Lipinski definition) is 1. The van der Waals surface area contributed by atoms with Crippen LogP contribution in [0.2, 0.25) is 0 Å². The van der Waals surface area contributed by atoms with E-state index in [1.807, 2.05) is 12.1 Å². The van der Waals surface area contributed by atoms with Gasteiger partial charge >= 0.3 is 5.97 Å². The number of nitrogens with zero attached hydrogens (tertiary/aromatic N) is 1. The molecular weight excluding hydrogens is 434 g/mol. The summed E-state index contributed by atoms with van der Waals surface area (Å²) < 4.78 is 6.52. The molecule has 1 atom stereocenters. The monoisotopic (exact) mass is 463 g/mol. The highest BCUT2D eigenvalue weighted by molar-refractivity contribution is 5.87. The molecule has 4 heteroatoms. The summed E-state index contributed by atoms with van der Waals surface area (Å²) >= 11 is 0. The van der Waals surface area contributed by atoms with Crippen molar-refractivity contribution in [2.24, 2.45) is 5.92 Å². The average molecular weight is 464 g/mol. The van der Waals surface area contributed by atoms with E-state index in [1.54, 1.807) is 12.1 Å². The lowest BCUT2D eigenvalue weighted by Gasteiger charge is -2.22. The van der Waals surface area contributed by atoms with Gasteiger partial charge in [-0.1, -0.05) is 77.9 Å². The first-order valence-electron chi connectivity index (χ1n) is 12.2. The van der Waals surface area contributed by atoms with Crippen molar-refractivity contribution < 1.29 is 14.3 Å². The van der Waals surface area contributed by atoms with Crippen molar-refractivity contribution >= 4 is 11.5 Å². The molecule has 0 bridgehead atoms. The minimum absolute atomic E-state index is 0.225. The molecule has 0 amide bonds. The second-order valence-corrected chi connectivity index (χ2v) is 9.43. The number of oxazole rings is 1. The molecule has 0 aliphatic heterocycles. The van der Waals surface area contributed by atoms with Crippen molar-refractivity contribution in [2.45, 2.75) is 39.5 Å². The summed E-state index contributed by atoms with van der Waals surface area (Å²) in [4.78, 5) is 16.5. The molecule has 5 rings (SSSR count). The van der Waals surface area contributed by atoms with Crippen LogP contribution in [0.3, 0.4) is 0 Å². The number of hydrogen-bond acceptors (Lipinski definition) is 3. The second kappa shape index (κ2) is 9.75. The maximum atomic E-state index is 11.4. The Labute approximate surface area is 206 Å². The summed E-state index contributed by atoms with van der Waals surface area (Å²) in [6.07, 6.45) is 6.12. The van der Waals surface area contributed by atoms with Gasteiger partial charge in [0.1, 0.15) is 5.69 Å². The Morgan fingerprint density at radius 1 is 0.971 bits per heavy atom. The summed E-state index contributed by atoms with van der Waals surface area (Å²) in [6.45, 7) is 4.16.